The SMILES string of the molecule is CS(=O)(=O)N1CCC(NC(=O)NC23CC4CC(CC(C4)C2)C3)CC1.CS(=O)(=O)NC1CCNCC1. The van der Waals surface area contributed by atoms with Crippen molar-refractivity contribution in [3.05, 3.63) is 0 Å². The Kier molecular flexibility index (Phi) is 8.37. The molecule has 35 heavy (non-hydrogen) atoms. The quantitative estimate of drug-likeness (QED) is 0.416. The monoisotopic (exact) mass is 533 g/mol. The summed E-state index contributed by atoms with van der Waals surface area (Å²) in [4.78, 5) is 12.5. The van der Waals surface area contributed by atoms with Gasteiger partial charge in [0.05, 0.1) is 12.5 Å². The first kappa shape index (κ1) is 27.1. The van der Waals surface area contributed by atoms with Crippen LogP contribution in [0.1, 0.15) is 64.2 Å². The zero-order valence-electron chi connectivity index (χ0n) is 21.1. The van der Waals surface area contributed by atoms with E-state index in [1.165, 1.54) is 36.1 Å². The predicted molar refractivity (Wildman–Crippen MR) is 136 cm³/mol. The maximum atomic E-state index is 12.5. The molecule has 0 aromatic rings. The molecule has 4 bridgehead atoms. The Morgan fingerprint density at radius 1 is 0.829 bits per heavy atom. The van der Waals surface area contributed by atoms with E-state index in [0.29, 0.717) is 25.9 Å². The number of rotatable bonds is 5. The highest BCUT2D eigenvalue weighted by Crippen LogP contribution is 2.55. The van der Waals surface area contributed by atoms with Crippen molar-refractivity contribution >= 4 is 26.1 Å². The van der Waals surface area contributed by atoms with E-state index in [2.05, 4.69) is 20.7 Å². The van der Waals surface area contributed by atoms with Crippen molar-refractivity contribution in [1.29, 1.82) is 0 Å². The Morgan fingerprint density at radius 3 is 1.80 bits per heavy atom. The van der Waals surface area contributed by atoms with Crippen LogP contribution in [0.15, 0.2) is 0 Å². The zero-order chi connectivity index (χ0) is 25.3. The molecule has 2 saturated heterocycles. The second kappa shape index (κ2) is 10.8. The number of nitrogens with zero attached hydrogens (tertiary/aromatic N) is 1. The molecule has 0 unspecified atom stereocenters. The number of urea groups is 1. The molecule has 10 nitrogen and oxygen atoms in total. The van der Waals surface area contributed by atoms with E-state index >= 15 is 0 Å². The van der Waals surface area contributed by atoms with Crippen LogP contribution in [0.2, 0.25) is 0 Å². The summed E-state index contributed by atoms with van der Waals surface area (Å²) < 4.78 is 48.7. The highest BCUT2D eigenvalue weighted by molar-refractivity contribution is 7.88. The number of hydrogen-bond donors (Lipinski definition) is 4. The summed E-state index contributed by atoms with van der Waals surface area (Å²) in [6, 6.07) is 0.179. The van der Waals surface area contributed by atoms with Crippen LogP contribution in [0.25, 0.3) is 0 Å². The van der Waals surface area contributed by atoms with E-state index in [1.807, 2.05) is 0 Å². The van der Waals surface area contributed by atoms with E-state index in [-0.39, 0.29) is 23.7 Å². The summed E-state index contributed by atoms with van der Waals surface area (Å²) in [6.07, 6.45) is 13.2. The molecule has 0 aromatic carbocycles. The van der Waals surface area contributed by atoms with Gasteiger partial charge in [0.2, 0.25) is 20.0 Å². The first-order chi connectivity index (χ1) is 16.4. The van der Waals surface area contributed by atoms with Gasteiger partial charge in [0.25, 0.3) is 0 Å². The van der Waals surface area contributed by atoms with Crippen molar-refractivity contribution in [2.24, 2.45) is 17.8 Å². The lowest BCUT2D eigenvalue weighted by molar-refractivity contribution is -0.0137. The summed E-state index contributed by atoms with van der Waals surface area (Å²) in [5, 5.41) is 9.59. The Bertz CT molecular complexity index is 922. The highest BCUT2D eigenvalue weighted by atomic mass is 32.2. The van der Waals surface area contributed by atoms with E-state index in [1.54, 1.807) is 0 Å². The van der Waals surface area contributed by atoms with E-state index in [9.17, 15) is 21.6 Å². The summed E-state index contributed by atoms with van der Waals surface area (Å²) in [6.45, 7) is 2.82. The van der Waals surface area contributed by atoms with Gasteiger partial charge in [-0.3, -0.25) is 0 Å². The average Bonchev–Trinajstić information content (AvgIpc) is 2.72. The molecular weight excluding hydrogens is 490 g/mol. The molecule has 0 spiro atoms. The maximum Gasteiger partial charge on any atom is 0.315 e. The predicted octanol–water partition coefficient (Wildman–Crippen LogP) is 0.966. The fraction of sp³-hybridized carbons (Fsp3) is 0.957. The van der Waals surface area contributed by atoms with Crippen molar-refractivity contribution in [3.8, 4) is 0 Å². The fourth-order valence-electron chi connectivity index (χ4n) is 7.30. The minimum atomic E-state index is -3.11. The molecule has 4 saturated carbocycles. The van der Waals surface area contributed by atoms with Crippen molar-refractivity contribution in [3.63, 3.8) is 0 Å². The molecule has 0 aromatic heterocycles. The third kappa shape index (κ3) is 7.77. The molecule has 6 fully saturated rings. The molecule has 2 amide bonds. The topological polar surface area (TPSA) is 137 Å². The van der Waals surface area contributed by atoms with E-state index in [4.69, 9.17) is 0 Å². The molecule has 6 rings (SSSR count). The molecule has 2 aliphatic heterocycles. The molecule has 0 radical (unpaired) electrons. The first-order valence-corrected chi connectivity index (χ1v) is 16.8. The molecule has 4 aliphatic carbocycles. The third-order valence-corrected chi connectivity index (χ3v) is 10.5. The fourth-order valence-corrected chi connectivity index (χ4v) is 9.02. The molecule has 6 aliphatic rings. The number of sulfonamides is 2. The van der Waals surface area contributed by atoms with Gasteiger partial charge >= 0.3 is 6.03 Å². The van der Waals surface area contributed by atoms with Crippen LogP contribution in [0, 0.1) is 17.8 Å². The largest absolute Gasteiger partial charge is 0.335 e. The number of carbonyl (C=O) groups excluding carboxylic acids is 1. The smallest absolute Gasteiger partial charge is 0.315 e. The van der Waals surface area contributed by atoms with Gasteiger partial charge in [-0.2, -0.15) is 0 Å². The van der Waals surface area contributed by atoms with Crippen LogP contribution in [0.3, 0.4) is 0 Å². The van der Waals surface area contributed by atoms with Gasteiger partial charge in [-0.25, -0.2) is 30.7 Å². The third-order valence-electron chi connectivity index (χ3n) is 8.39. The molecule has 202 valence electrons. The summed E-state index contributed by atoms with van der Waals surface area (Å²) in [5.74, 6) is 2.44. The molecule has 2 heterocycles. The van der Waals surface area contributed by atoms with Gasteiger partial charge in [-0.1, -0.05) is 0 Å². The number of hydrogen-bond acceptors (Lipinski definition) is 6. The standard InChI is InChI=1S/C17H29N3O3S.C6H14N2O2S/c1-24(22,23)20-4-2-15(3-5-20)18-16(21)19-17-9-12-6-13(10-17)8-14(7-12)11-17;1-11(9,10)8-6-2-4-7-5-3-6/h12-15H,2-11H2,1H3,(H2,18,19,21);6-8H,2-5H2,1H3. The lowest BCUT2D eigenvalue weighted by Gasteiger charge is -2.56. The number of carbonyl (C=O) groups is 1. The van der Waals surface area contributed by atoms with Gasteiger partial charge in [-0.15, -0.1) is 0 Å². The second-order valence-electron chi connectivity index (χ2n) is 11.6. The minimum Gasteiger partial charge on any atom is -0.335 e. The van der Waals surface area contributed by atoms with Crippen LogP contribution in [-0.2, 0) is 20.0 Å². The number of piperidine rings is 2. The van der Waals surface area contributed by atoms with E-state index in [0.717, 1.165) is 62.9 Å². The van der Waals surface area contributed by atoms with Gasteiger partial charge in [-0.05, 0) is 95.1 Å². The lowest BCUT2D eigenvalue weighted by atomic mass is 9.53. The molecule has 4 N–H and O–H groups in total. The van der Waals surface area contributed by atoms with Crippen LogP contribution < -0.4 is 20.7 Å². The maximum absolute atomic E-state index is 12.5. The van der Waals surface area contributed by atoms with Crippen LogP contribution in [0.5, 0.6) is 0 Å². The minimum absolute atomic E-state index is 0.0340. The average molecular weight is 534 g/mol. The number of nitrogens with one attached hydrogen (secondary N) is 4. The van der Waals surface area contributed by atoms with Crippen molar-refractivity contribution in [2.45, 2.75) is 81.8 Å². The number of amides is 2. The Morgan fingerprint density at radius 2 is 1.34 bits per heavy atom. The van der Waals surface area contributed by atoms with Gasteiger partial charge < -0.3 is 16.0 Å². The van der Waals surface area contributed by atoms with Crippen molar-refractivity contribution < 1.29 is 21.6 Å². The van der Waals surface area contributed by atoms with Crippen LogP contribution in [0.4, 0.5) is 4.79 Å². The van der Waals surface area contributed by atoms with Crippen molar-refractivity contribution in [2.75, 3.05) is 38.7 Å². The highest BCUT2D eigenvalue weighted by Gasteiger charge is 2.51. The van der Waals surface area contributed by atoms with Crippen LogP contribution in [-0.4, -0.2) is 83.5 Å². The Balaban J connectivity index is 0.000000221. The van der Waals surface area contributed by atoms with Gasteiger partial charge in [0.1, 0.15) is 0 Å². The summed E-state index contributed by atoms with van der Waals surface area (Å²) >= 11 is 0. The lowest BCUT2D eigenvalue weighted by Crippen LogP contribution is -2.62. The Labute approximate surface area is 210 Å². The molecule has 12 heteroatoms. The molecule has 0 atom stereocenters. The van der Waals surface area contributed by atoms with E-state index < -0.39 is 20.0 Å². The summed E-state index contributed by atoms with van der Waals surface area (Å²) in [5.41, 5.74) is 0.0340. The second-order valence-corrected chi connectivity index (χ2v) is 15.4. The van der Waals surface area contributed by atoms with Crippen molar-refractivity contribution in [1.82, 2.24) is 25.0 Å². The van der Waals surface area contributed by atoms with Gasteiger partial charge in [0.15, 0.2) is 0 Å². The summed E-state index contributed by atoms with van der Waals surface area (Å²) in [7, 11) is -6.11. The van der Waals surface area contributed by atoms with Crippen LogP contribution >= 0.6 is 0 Å². The van der Waals surface area contributed by atoms with Gasteiger partial charge in [0, 0.05) is 30.7 Å². The first-order valence-electron chi connectivity index (χ1n) is 13.1. The normalized spacial score (nSPS) is 34.2. The zero-order valence-corrected chi connectivity index (χ0v) is 22.7. The molecular formula is C23H43N5O5S2. The Hall–Kier alpha value is -0.950.